The highest BCUT2D eigenvalue weighted by Crippen LogP contribution is 2.13. The Kier molecular flexibility index (Phi) is 3.22. The first kappa shape index (κ1) is 7.54. The molecule has 1 aromatic heterocycles. The van der Waals surface area contributed by atoms with E-state index in [1.54, 1.807) is 24.3 Å². The molecule has 0 radical (unpaired) electrons. The molecule has 1 rings (SSSR count). The van der Waals surface area contributed by atoms with Crippen LogP contribution in [0.4, 0.5) is 0 Å². The van der Waals surface area contributed by atoms with Crippen molar-refractivity contribution in [2.24, 2.45) is 0 Å². The second kappa shape index (κ2) is 4.28. The van der Waals surface area contributed by atoms with Crippen molar-refractivity contribution >= 4 is 11.8 Å². The molecule has 0 amide bonds. The van der Waals surface area contributed by atoms with Crippen LogP contribution in [0.5, 0.6) is 0 Å². The van der Waals surface area contributed by atoms with Gasteiger partial charge in [-0.05, 0) is 18.2 Å². The molecule has 0 fully saturated rings. The molecule has 0 bridgehead atoms. The van der Waals surface area contributed by atoms with Crippen molar-refractivity contribution in [1.29, 1.82) is 0 Å². The molecule has 10 heavy (non-hydrogen) atoms. The van der Waals surface area contributed by atoms with Gasteiger partial charge in [0.05, 0.1) is 5.03 Å². The van der Waals surface area contributed by atoms with Crippen LogP contribution in [0.25, 0.3) is 0 Å². The Hall–Kier alpha value is -0.570. The van der Waals surface area contributed by atoms with E-state index in [-0.39, 0.29) is 0 Å². The van der Waals surface area contributed by atoms with E-state index in [1.165, 1.54) is 6.42 Å². The highest BCUT2D eigenvalue weighted by molar-refractivity contribution is 7.99. The molecular weight excluding hydrogens is 144 g/mol. The minimum absolute atomic E-state index is 1.07. The van der Waals surface area contributed by atoms with Gasteiger partial charge in [-0.1, -0.05) is 6.92 Å². The Bertz CT molecular complexity index is 176. The lowest BCUT2D eigenvalue weighted by Crippen LogP contribution is -1.81. The third-order valence-corrected chi connectivity index (χ3v) is 2.16. The Morgan fingerprint density at radius 1 is 1.60 bits per heavy atom. The zero-order valence-electron chi connectivity index (χ0n) is 5.95. The van der Waals surface area contributed by atoms with Crippen LogP contribution >= 0.6 is 11.8 Å². The van der Waals surface area contributed by atoms with Crippen molar-refractivity contribution < 1.29 is 0 Å². The number of thioether (sulfide) groups is 1. The first-order valence-electron chi connectivity index (χ1n) is 3.32. The fourth-order valence-corrected chi connectivity index (χ4v) is 1.26. The summed E-state index contributed by atoms with van der Waals surface area (Å²) in [5.41, 5.74) is 0. The Balaban J connectivity index is 2.43. The third kappa shape index (κ3) is 2.35. The van der Waals surface area contributed by atoms with E-state index in [4.69, 9.17) is 0 Å². The Morgan fingerprint density at radius 2 is 2.50 bits per heavy atom. The van der Waals surface area contributed by atoms with Gasteiger partial charge in [0.15, 0.2) is 0 Å². The smallest absolute Gasteiger partial charge is 0.116 e. The lowest BCUT2D eigenvalue weighted by molar-refractivity contribution is 1.04. The zero-order chi connectivity index (χ0) is 7.23. The quantitative estimate of drug-likeness (QED) is 0.492. The minimum Gasteiger partial charge on any atom is -0.245 e. The highest BCUT2D eigenvalue weighted by Gasteiger charge is 1.89. The largest absolute Gasteiger partial charge is 0.245 e. The average Bonchev–Trinajstić information content (AvgIpc) is 2.03. The van der Waals surface area contributed by atoms with Gasteiger partial charge in [0.25, 0.3) is 0 Å². The van der Waals surface area contributed by atoms with Crippen LogP contribution in [0.1, 0.15) is 13.3 Å². The van der Waals surface area contributed by atoms with Crippen LogP contribution in [0.3, 0.4) is 0 Å². The van der Waals surface area contributed by atoms with Crippen LogP contribution in [-0.2, 0) is 0 Å². The molecule has 2 nitrogen and oxygen atoms in total. The summed E-state index contributed by atoms with van der Waals surface area (Å²) in [5, 5.41) is 1.07. The summed E-state index contributed by atoms with van der Waals surface area (Å²) in [7, 11) is 0. The standard InChI is InChI=1S/C7H10N2S/c1-2-5-10-7-3-4-8-6-9-7/h3-4,6H,2,5H2,1H3. The average molecular weight is 154 g/mol. The van der Waals surface area contributed by atoms with Gasteiger partial charge in [-0.3, -0.25) is 0 Å². The van der Waals surface area contributed by atoms with E-state index < -0.39 is 0 Å². The van der Waals surface area contributed by atoms with Gasteiger partial charge in [0, 0.05) is 6.20 Å². The van der Waals surface area contributed by atoms with Crippen molar-refractivity contribution in [1.82, 2.24) is 9.97 Å². The first-order valence-corrected chi connectivity index (χ1v) is 4.31. The first-order chi connectivity index (χ1) is 4.93. The number of hydrogen-bond acceptors (Lipinski definition) is 3. The molecule has 1 heterocycles. The summed E-state index contributed by atoms with van der Waals surface area (Å²) in [6.45, 7) is 2.16. The van der Waals surface area contributed by atoms with E-state index in [9.17, 15) is 0 Å². The number of nitrogens with zero attached hydrogens (tertiary/aromatic N) is 2. The Labute approximate surface area is 65.1 Å². The molecular formula is C7H10N2S. The fraction of sp³-hybridized carbons (Fsp3) is 0.429. The highest BCUT2D eigenvalue weighted by atomic mass is 32.2. The van der Waals surface area contributed by atoms with Crippen molar-refractivity contribution in [3.05, 3.63) is 18.6 Å². The summed E-state index contributed by atoms with van der Waals surface area (Å²) in [6, 6.07) is 1.93. The van der Waals surface area contributed by atoms with Gasteiger partial charge in [0.1, 0.15) is 6.33 Å². The van der Waals surface area contributed by atoms with Crippen LogP contribution < -0.4 is 0 Å². The van der Waals surface area contributed by atoms with Crippen LogP contribution in [-0.4, -0.2) is 15.7 Å². The molecule has 3 heteroatoms. The molecule has 0 N–H and O–H groups in total. The van der Waals surface area contributed by atoms with E-state index >= 15 is 0 Å². The lowest BCUT2D eigenvalue weighted by atomic mass is 10.6. The van der Waals surface area contributed by atoms with Crippen molar-refractivity contribution in [3.63, 3.8) is 0 Å². The predicted molar refractivity (Wildman–Crippen MR) is 43.0 cm³/mol. The summed E-state index contributed by atoms with van der Waals surface area (Å²) in [6.07, 6.45) is 4.54. The van der Waals surface area contributed by atoms with Crippen LogP contribution in [0.2, 0.25) is 0 Å². The van der Waals surface area contributed by atoms with Gasteiger partial charge in [-0.15, -0.1) is 11.8 Å². The molecule has 0 atom stereocenters. The molecule has 0 spiro atoms. The Morgan fingerprint density at radius 3 is 3.10 bits per heavy atom. The molecule has 54 valence electrons. The van der Waals surface area contributed by atoms with Crippen LogP contribution in [0, 0.1) is 0 Å². The molecule has 1 aromatic rings. The molecule has 0 unspecified atom stereocenters. The van der Waals surface area contributed by atoms with E-state index in [0.717, 1.165) is 10.8 Å². The number of hydrogen-bond donors (Lipinski definition) is 0. The molecule has 0 aliphatic rings. The summed E-state index contributed by atoms with van der Waals surface area (Å²) < 4.78 is 0. The van der Waals surface area contributed by atoms with E-state index in [0.29, 0.717) is 0 Å². The maximum absolute atomic E-state index is 4.07. The molecule has 0 saturated heterocycles. The molecule has 0 saturated carbocycles. The second-order valence-corrected chi connectivity index (χ2v) is 3.01. The summed E-state index contributed by atoms with van der Waals surface area (Å²) in [5.74, 6) is 1.14. The normalized spacial score (nSPS) is 9.70. The minimum atomic E-state index is 1.07. The maximum Gasteiger partial charge on any atom is 0.116 e. The third-order valence-electron chi connectivity index (χ3n) is 1.01. The van der Waals surface area contributed by atoms with Gasteiger partial charge < -0.3 is 0 Å². The second-order valence-electron chi connectivity index (χ2n) is 1.90. The topological polar surface area (TPSA) is 25.8 Å². The summed E-state index contributed by atoms with van der Waals surface area (Å²) in [4.78, 5) is 7.90. The molecule has 0 aromatic carbocycles. The predicted octanol–water partition coefficient (Wildman–Crippen LogP) is 1.98. The van der Waals surface area contributed by atoms with Crippen molar-refractivity contribution in [2.45, 2.75) is 18.4 Å². The van der Waals surface area contributed by atoms with Crippen molar-refractivity contribution in [2.75, 3.05) is 5.75 Å². The SMILES string of the molecule is CCCSc1ccncn1. The lowest BCUT2D eigenvalue weighted by Gasteiger charge is -1.94. The van der Waals surface area contributed by atoms with Gasteiger partial charge >= 0.3 is 0 Å². The van der Waals surface area contributed by atoms with Gasteiger partial charge in [-0.2, -0.15) is 0 Å². The van der Waals surface area contributed by atoms with E-state index in [2.05, 4.69) is 16.9 Å². The van der Waals surface area contributed by atoms with Crippen molar-refractivity contribution in [3.8, 4) is 0 Å². The molecule has 0 aliphatic heterocycles. The number of aromatic nitrogens is 2. The summed E-state index contributed by atoms with van der Waals surface area (Å²) >= 11 is 1.77. The fourth-order valence-electron chi connectivity index (χ4n) is 0.571. The maximum atomic E-state index is 4.07. The molecule has 0 aliphatic carbocycles. The van der Waals surface area contributed by atoms with Crippen LogP contribution in [0.15, 0.2) is 23.6 Å². The zero-order valence-corrected chi connectivity index (χ0v) is 6.77. The monoisotopic (exact) mass is 154 g/mol. The van der Waals surface area contributed by atoms with Gasteiger partial charge in [0.2, 0.25) is 0 Å². The van der Waals surface area contributed by atoms with Gasteiger partial charge in [-0.25, -0.2) is 9.97 Å². The van der Waals surface area contributed by atoms with E-state index in [1.807, 2.05) is 6.07 Å². The number of rotatable bonds is 3.